The van der Waals surface area contributed by atoms with E-state index in [0.29, 0.717) is 19.4 Å². The third-order valence-electron chi connectivity index (χ3n) is 3.05. The van der Waals surface area contributed by atoms with E-state index in [0.717, 1.165) is 18.2 Å². The Morgan fingerprint density at radius 2 is 1.83 bits per heavy atom. The van der Waals surface area contributed by atoms with Crippen LogP contribution in [0.25, 0.3) is 0 Å². The summed E-state index contributed by atoms with van der Waals surface area (Å²) in [5.74, 6) is -0.959. The Balaban J connectivity index is 2.91. The third kappa shape index (κ3) is 5.72. The Labute approximate surface area is 136 Å². The minimum absolute atomic E-state index is 0.197. The van der Waals surface area contributed by atoms with Crippen molar-refractivity contribution in [3.05, 3.63) is 24.0 Å². The molecule has 0 aromatic heterocycles. The summed E-state index contributed by atoms with van der Waals surface area (Å²) in [7, 11) is -7.56. The molecule has 0 radical (unpaired) electrons. The Morgan fingerprint density at radius 3 is 2.35 bits per heavy atom. The minimum atomic E-state index is -3.85. The highest BCUT2D eigenvalue weighted by atomic mass is 32.2. The fourth-order valence-electron chi connectivity index (χ4n) is 1.58. The molecule has 23 heavy (non-hydrogen) atoms. The Morgan fingerprint density at radius 1 is 1.17 bits per heavy atom. The highest BCUT2D eigenvalue weighted by molar-refractivity contribution is 7.93. The summed E-state index contributed by atoms with van der Waals surface area (Å²) in [4.78, 5) is -0.268. The molecule has 0 aliphatic carbocycles. The smallest absolute Gasteiger partial charge is 0.240 e. The lowest BCUT2D eigenvalue weighted by Crippen LogP contribution is -2.26. The third-order valence-corrected chi connectivity index (χ3v) is 6.25. The predicted molar refractivity (Wildman–Crippen MR) is 87.6 cm³/mol. The van der Waals surface area contributed by atoms with Gasteiger partial charge < -0.3 is 5.73 Å². The zero-order chi connectivity index (χ0) is 17.7. The van der Waals surface area contributed by atoms with Crippen LogP contribution in [0.2, 0.25) is 0 Å². The highest BCUT2D eigenvalue weighted by Gasteiger charge is 2.20. The van der Waals surface area contributed by atoms with E-state index < -0.39 is 31.1 Å². The Bertz CT molecular complexity index is 734. The number of sulfonamides is 2. The van der Waals surface area contributed by atoms with Gasteiger partial charge >= 0.3 is 0 Å². The number of nitrogens with one attached hydrogen (secondary N) is 2. The first kappa shape index (κ1) is 19.8. The van der Waals surface area contributed by atoms with Gasteiger partial charge in [-0.25, -0.2) is 25.9 Å². The summed E-state index contributed by atoms with van der Waals surface area (Å²) in [5, 5.41) is -0.741. The molecule has 0 bridgehead atoms. The fraction of sp³-hybridized carbons (Fsp3) is 0.538. The zero-order valence-corrected chi connectivity index (χ0v) is 14.7. The molecule has 0 aliphatic rings. The second-order valence-corrected chi connectivity index (χ2v) is 9.23. The standard InChI is InChI=1S/C13H22FN3O4S2/c1-10(2)22(18,19)17-13-6-5-11(9-12(13)14)23(20,21)16-8-4-3-7-15/h5-6,9-10,16-17H,3-4,7-8,15H2,1-2H3. The van der Waals surface area contributed by atoms with Crippen LogP contribution in [0, 0.1) is 5.82 Å². The molecule has 132 valence electrons. The number of unbranched alkanes of at least 4 members (excludes halogenated alkanes) is 1. The van der Waals surface area contributed by atoms with Crippen LogP contribution >= 0.6 is 0 Å². The van der Waals surface area contributed by atoms with Crippen LogP contribution in [0.15, 0.2) is 23.1 Å². The number of hydrogen-bond donors (Lipinski definition) is 3. The van der Waals surface area contributed by atoms with Crippen molar-refractivity contribution in [1.82, 2.24) is 4.72 Å². The maximum atomic E-state index is 14.0. The maximum absolute atomic E-state index is 14.0. The second-order valence-electron chi connectivity index (χ2n) is 5.23. The largest absolute Gasteiger partial charge is 0.330 e. The number of halogens is 1. The van der Waals surface area contributed by atoms with Crippen LogP contribution in [0.3, 0.4) is 0 Å². The zero-order valence-electron chi connectivity index (χ0n) is 13.0. The summed E-state index contributed by atoms with van der Waals surface area (Å²) in [5.41, 5.74) is 5.02. The molecule has 0 amide bonds. The summed E-state index contributed by atoms with van der Waals surface area (Å²) >= 11 is 0. The van der Waals surface area contributed by atoms with Gasteiger partial charge in [-0.2, -0.15) is 0 Å². The van der Waals surface area contributed by atoms with Gasteiger partial charge in [-0.05, 0) is 51.4 Å². The van der Waals surface area contributed by atoms with Crippen LogP contribution < -0.4 is 15.2 Å². The van der Waals surface area contributed by atoms with Crippen LogP contribution in [0.5, 0.6) is 0 Å². The molecule has 0 saturated heterocycles. The van der Waals surface area contributed by atoms with E-state index >= 15 is 0 Å². The van der Waals surface area contributed by atoms with Crippen molar-refractivity contribution in [2.24, 2.45) is 5.73 Å². The van der Waals surface area contributed by atoms with Gasteiger partial charge in [0.2, 0.25) is 20.0 Å². The van der Waals surface area contributed by atoms with Crippen LogP contribution in [0.4, 0.5) is 10.1 Å². The lowest BCUT2D eigenvalue weighted by molar-refractivity contribution is 0.574. The van der Waals surface area contributed by atoms with Crippen LogP contribution in [-0.2, 0) is 20.0 Å². The number of nitrogens with two attached hydrogens (primary N) is 1. The molecule has 0 unspecified atom stereocenters. The molecule has 7 nitrogen and oxygen atoms in total. The molecule has 1 rings (SSSR count). The van der Waals surface area contributed by atoms with Crippen LogP contribution in [-0.4, -0.2) is 35.2 Å². The molecule has 1 aromatic carbocycles. The van der Waals surface area contributed by atoms with E-state index in [1.54, 1.807) is 0 Å². The number of benzene rings is 1. The molecule has 1 aromatic rings. The van der Waals surface area contributed by atoms with E-state index in [1.165, 1.54) is 13.8 Å². The van der Waals surface area contributed by atoms with Crippen molar-refractivity contribution >= 4 is 25.7 Å². The first-order chi connectivity index (χ1) is 10.6. The lowest BCUT2D eigenvalue weighted by Gasteiger charge is -2.12. The van der Waals surface area contributed by atoms with Crippen LogP contribution in [0.1, 0.15) is 26.7 Å². The predicted octanol–water partition coefficient (Wildman–Crippen LogP) is 0.993. The number of hydrogen-bond acceptors (Lipinski definition) is 5. The normalized spacial score (nSPS) is 12.6. The molecule has 0 spiro atoms. The highest BCUT2D eigenvalue weighted by Crippen LogP contribution is 2.21. The van der Waals surface area contributed by atoms with Gasteiger partial charge in [0, 0.05) is 6.54 Å². The van der Waals surface area contributed by atoms with Gasteiger partial charge in [-0.3, -0.25) is 4.72 Å². The van der Waals surface area contributed by atoms with Crippen molar-refractivity contribution in [2.75, 3.05) is 17.8 Å². The van der Waals surface area contributed by atoms with Gasteiger partial charge in [-0.15, -0.1) is 0 Å². The SMILES string of the molecule is CC(C)S(=O)(=O)Nc1ccc(S(=O)(=O)NCCCCN)cc1F. The monoisotopic (exact) mass is 367 g/mol. The molecular formula is C13H22FN3O4S2. The number of anilines is 1. The lowest BCUT2D eigenvalue weighted by atomic mass is 10.3. The maximum Gasteiger partial charge on any atom is 0.240 e. The summed E-state index contributed by atoms with van der Waals surface area (Å²) in [6.45, 7) is 3.55. The van der Waals surface area contributed by atoms with Gasteiger partial charge in [0.25, 0.3) is 0 Å². The van der Waals surface area contributed by atoms with Crippen molar-refractivity contribution in [2.45, 2.75) is 36.8 Å². The van der Waals surface area contributed by atoms with E-state index in [-0.39, 0.29) is 17.1 Å². The van der Waals surface area contributed by atoms with E-state index in [2.05, 4.69) is 9.44 Å². The van der Waals surface area contributed by atoms with E-state index in [1.807, 2.05) is 0 Å². The van der Waals surface area contributed by atoms with Gasteiger partial charge in [-0.1, -0.05) is 0 Å². The first-order valence-electron chi connectivity index (χ1n) is 7.11. The average Bonchev–Trinajstić information content (AvgIpc) is 2.45. The molecule has 4 N–H and O–H groups in total. The molecule has 0 aliphatic heterocycles. The van der Waals surface area contributed by atoms with Gasteiger partial charge in [0.15, 0.2) is 0 Å². The Hall–Kier alpha value is -1.23. The molecule has 0 fully saturated rings. The number of rotatable bonds is 9. The van der Waals surface area contributed by atoms with E-state index in [4.69, 9.17) is 5.73 Å². The first-order valence-corrected chi connectivity index (χ1v) is 10.1. The topological polar surface area (TPSA) is 118 Å². The molecule has 10 heteroatoms. The second kappa shape index (κ2) is 8.04. The molecule has 0 atom stereocenters. The van der Waals surface area contributed by atoms with Crippen molar-refractivity contribution in [3.8, 4) is 0 Å². The molecule has 0 heterocycles. The minimum Gasteiger partial charge on any atom is -0.330 e. The van der Waals surface area contributed by atoms with Crippen molar-refractivity contribution in [1.29, 1.82) is 0 Å². The quantitative estimate of drug-likeness (QED) is 0.563. The van der Waals surface area contributed by atoms with Gasteiger partial charge in [0.05, 0.1) is 15.8 Å². The van der Waals surface area contributed by atoms with Crippen molar-refractivity contribution in [3.63, 3.8) is 0 Å². The van der Waals surface area contributed by atoms with Gasteiger partial charge in [0.1, 0.15) is 5.82 Å². The summed E-state index contributed by atoms with van der Waals surface area (Å²) in [6, 6.07) is 3.01. The Kier molecular flexibility index (Phi) is 6.93. The fourth-order valence-corrected chi connectivity index (χ4v) is 3.37. The van der Waals surface area contributed by atoms with E-state index in [9.17, 15) is 21.2 Å². The van der Waals surface area contributed by atoms with Crippen molar-refractivity contribution < 1.29 is 21.2 Å². The molecule has 0 saturated carbocycles. The average molecular weight is 367 g/mol. The molecular weight excluding hydrogens is 345 g/mol. The summed E-state index contributed by atoms with van der Waals surface area (Å²) in [6.07, 6.45) is 1.25. The summed E-state index contributed by atoms with van der Waals surface area (Å²) < 4.78 is 65.9.